The van der Waals surface area contributed by atoms with E-state index in [0.29, 0.717) is 12.2 Å². The van der Waals surface area contributed by atoms with Crippen LogP contribution in [0, 0.1) is 0 Å². The molecule has 1 amide bonds. The first-order valence-electron chi connectivity index (χ1n) is 6.59. The van der Waals surface area contributed by atoms with Crippen molar-refractivity contribution in [1.29, 1.82) is 0 Å². The predicted molar refractivity (Wildman–Crippen MR) is 84.3 cm³/mol. The summed E-state index contributed by atoms with van der Waals surface area (Å²) < 4.78 is 0. The average molecular weight is 298 g/mol. The second-order valence-corrected chi connectivity index (χ2v) is 5.57. The molecule has 2 N–H and O–H groups in total. The second-order valence-electron chi connectivity index (χ2n) is 4.45. The third-order valence-electron chi connectivity index (χ3n) is 2.97. The van der Waals surface area contributed by atoms with E-state index < -0.39 is 0 Å². The molecule has 0 atom stereocenters. The van der Waals surface area contributed by atoms with E-state index in [4.69, 9.17) is 0 Å². The highest BCUT2D eigenvalue weighted by atomic mass is 32.2. The molecule has 0 aliphatic rings. The summed E-state index contributed by atoms with van der Waals surface area (Å²) >= 11 is 1.57. The Morgan fingerprint density at radius 3 is 3.05 bits per heavy atom. The summed E-state index contributed by atoms with van der Waals surface area (Å²) in [6.45, 7) is 0. The number of carbonyl (C=O) groups is 1. The smallest absolute Gasteiger partial charge is 0.225 e. The van der Waals surface area contributed by atoms with Gasteiger partial charge in [0.25, 0.3) is 0 Å². The lowest BCUT2D eigenvalue weighted by Crippen LogP contribution is -2.12. The molecule has 106 valence electrons. The van der Waals surface area contributed by atoms with Gasteiger partial charge in [-0.2, -0.15) is 5.10 Å². The Kier molecular flexibility index (Phi) is 4.16. The lowest BCUT2D eigenvalue weighted by Gasteiger charge is -2.06. The first kappa shape index (κ1) is 13.6. The van der Waals surface area contributed by atoms with Gasteiger partial charge in [-0.25, -0.2) is 4.98 Å². The molecule has 5 nitrogen and oxygen atoms in total. The largest absolute Gasteiger partial charge is 0.324 e. The lowest BCUT2D eigenvalue weighted by atomic mass is 10.2. The quantitative estimate of drug-likeness (QED) is 0.710. The number of amides is 1. The minimum Gasteiger partial charge on any atom is -0.324 e. The van der Waals surface area contributed by atoms with E-state index in [0.717, 1.165) is 21.6 Å². The Morgan fingerprint density at radius 2 is 2.19 bits per heavy atom. The number of anilines is 1. The summed E-state index contributed by atoms with van der Waals surface area (Å²) in [5, 5.41) is 11.7. The van der Waals surface area contributed by atoms with E-state index in [1.165, 1.54) is 0 Å². The van der Waals surface area contributed by atoms with Gasteiger partial charge in [-0.3, -0.25) is 9.89 Å². The van der Waals surface area contributed by atoms with E-state index in [-0.39, 0.29) is 5.91 Å². The average Bonchev–Trinajstić information content (AvgIpc) is 2.98. The van der Waals surface area contributed by atoms with Crippen molar-refractivity contribution in [2.24, 2.45) is 0 Å². The summed E-state index contributed by atoms with van der Waals surface area (Å²) in [5.74, 6) is 0.683. The van der Waals surface area contributed by atoms with Gasteiger partial charge in [0.1, 0.15) is 0 Å². The van der Waals surface area contributed by atoms with E-state index in [1.54, 1.807) is 24.2 Å². The normalized spacial score (nSPS) is 10.7. The van der Waals surface area contributed by atoms with Crippen LogP contribution in [0.3, 0.4) is 0 Å². The standard InChI is InChI=1S/C15H14N4OS/c20-13(7-9-21-14-6-1-2-8-16-14)18-12-5-3-4-11-10-17-19-15(11)12/h1-6,8,10H,7,9H2,(H,17,19)(H,18,20). The number of H-pyrrole nitrogens is 1. The van der Waals surface area contributed by atoms with Crippen molar-refractivity contribution in [1.82, 2.24) is 15.2 Å². The summed E-state index contributed by atoms with van der Waals surface area (Å²) in [4.78, 5) is 16.2. The van der Waals surface area contributed by atoms with Gasteiger partial charge in [0.05, 0.1) is 22.4 Å². The molecule has 0 fully saturated rings. The fourth-order valence-corrected chi connectivity index (χ4v) is 2.77. The molecule has 0 saturated heterocycles. The van der Waals surface area contributed by atoms with E-state index in [1.807, 2.05) is 36.4 Å². The van der Waals surface area contributed by atoms with Crippen LogP contribution in [0.4, 0.5) is 5.69 Å². The van der Waals surface area contributed by atoms with Crippen LogP contribution in [0.15, 0.2) is 53.8 Å². The Morgan fingerprint density at radius 1 is 1.24 bits per heavy atom. The zero-order chi connectivity index (χ0) is 14.5. The number of fused-ring (bicyclic) bond motifs is 1. The summed E-state index contributed by atoms with van der Waals surface area (Å²) in [5.41, 5.74) is 1.61. The molecular formula is C15H14N4OS. The predicted octanol–water partition coefficient (Wildman–Crippen LogP) is 3.08. The van der Waals surface area contributed by atoms with E-state index in [9.17, 15) is 4.79 Å². The highest BCUT2D eigenvalue weighted by molar-refractivity contribution is 7.99. The molecule has 3 aromatic rings. The van der Waals surface area contributed by atoms with Gasteiger partial charge >= 0.3 is 0 Å². The number of thioether (sulfide) groups is 1. The first-order chi connectivity index (χ1) is 10.3. The van der Waals surface area contributed by atoms with Crippen molar-refractivity contribution in [3.63, 3.8) is 0 Å². The van der Waals surface area contributed by atoms with Gasteiger partial charge in [0.15, 0.2) is 0 Å². The van der Waals surface area contributed by atoms with Crippen LogP contribution < -0.4 is 5.32 Å². The van der Waals surface area contributed by atoms with Crippen molar-refractivity contribution in [3.8, 4) is 0 Å². The highest BCUT2D eigenvalue weighted by Gasteiger charge is 2.07. The van der Waals surface area contributed by atoms with Crippen LogP contribution in [-0.2, 0) is 4.79 Å². The SMILES string of the molecule is O=C(CCSc1ccccn1)Nc1cccc2cn[nH]c12. The van der Waals surface area contributed by atoms with Crippen molar-refractivity contribution in [2.75, 3.05) is 11.1 Å². The Bertz CT molecular complexity index is 742. The molecule has 2 aromatic heterocycles. The van der Waals surface area contributed by atoms with Crippen LogP contribution >= 0.6 is 11.8 Å². The maximum atomic E-state index is 12.0. The number of rotatable bonds is 5. The Labute approximate surface area is 126 Å². The van der Waals surface area contributed by atoms with Crippen LogP contribution in [0.2, 0.25) is 0 Å². The first-order valence-corrected chi connectivity index (χ1v) is 7.57. The molecule has 0 radical (unpaired) electrons. The number of nitrogens with zero attached hydrogens (tertiary/aromatic N) is 2. The molecule has 6 heteroatoms. The van der Waals surface area contributed by atoms with Crippen molar-refractivity contribution in [2.45, 2.75) is 11.4 Å². The molecule has 0 unspecified atom stereocenters. The molecular weight excluding hydrogens is 284 g/mol. The molecule has 0 aliphatic heterocycles. The molecule has 1 aromatic carbocycles. The van der Waals surface area contributed by atoms with Crippen molar-refractivity contribution in [3.05, 3.63) is 48.8 Å². The molecule has 2 heterocycles. The van der Waals surface area contributed by atoms with Gasteiger partial charge in [-0.05, 0) is 18.2 Å². The zero-order valence-electron chi connectivity index (χ0n) is 11.2. The minimum atomic E-state index is -0.0134. The molecule has 3 rings (SSSR count). The maximum Gasteiger partial charge on any atom is 0.225 e. The second kappa shape index (κ2) is 6.41. The fourth-order valence-electron chi connectivity index (χ4n) is 1.97. The topological polar surface area (TPSA) is 70.7 Å². The fraction of sp³-hybridized carbons (Fsp3) is 0.133. The molecule has 0 saturated carbocycles. The summed E-state index contributed by atoms with van der Waals surface area (Å²) in [6, 6.07) is 11.5. The van der Waals surface area contributed by atoms with Crippen molar-refractivity contribution < 1.29 is 4.79 Å². The van der Waals surface area contributed by atoms with Crippen LogP contribution in [-0.4, -0.2) is 26.8 Å². The van der Waals surface area contributed by atoms with Gasteiger partial charge in [0, 0.05) is 23.8 Å². The Balaban J connectivity index is 1.56. The summed E-state index contributed by atoms with van der Waals surface area (Å²) in [7, 11) is 0. The molecule has 0 bridgehead atoms. The van der Waals surface area contributed by atoms with Gasteiger partial charge < -0.3 is 5.32 Å². The van der Waals surface area contributed by atoms with E-state index in [2.05, 4.69) is 20.5 Å². The maximum absolute atomic E-state index is 12.0. The van der Waals surface area contributed by atoms with Gasteiger partial charge in [-0.1, -0.05) is 18.2 Å². The number of aromatic nitrogens is 3. The number of aromatic amines is 1. The third-order valence-corrected chi connectivity index (χ3v) is 3.91. The lowest BCUT2D eigenvalue weighted by molar-refractivity contribution is -0.115. The molecule has 0 aliphatic carbocycles. The number of hydrogen-bond acceptors (Lipinski definition) is 4. The van der Waals surface area contributed by atoms with Crippen LogP contribution in [0.25, 0.3) is 10.9 Å². The van der Waals surface area contributed by atoms with Crippen LogP contribution in [0.5, 0.6) is 0 Å². The number of carbonyl (C=O) groups excluding carboxylic acids is 1. The number of hydrogen-bond donors (Lipinski definition) is 2. The zero-order valence-corrected chi connectivity index (χ0v) is 12.1. The molecule has 21 heavy (non-hydrogen) atoms. The number of pyridine rings is 1. The Hall–Kier alpha value is -2.34. The van der Waals surface area contributed by atoms with Gasteiger partial charge in [-0.15, -0.1) is 11.8 Å². The number of benzene rings is 1. The van der Waals surface area contributed by atoms with Gasteiger partial charge in [0.2, 0.25) is 5.91 Å². The van der Waals surface area contributed by atoms with E-state index >= 15 is 0 Å². The highest BCUT2D eigenvalue weighted by Crippen LogP contribution is 2.21. The molecule has 0 spiro atoms. The minimum absolute atomic E-state index is 0.0134. The van der Waals surface area contributed by atoms with Crippen LogP contribution in [0.1, 0.15) is 6.42 Å². The third kappa shape index (κ3) is 3.41. The monoisotopic (exact) mass is 298 g/mol. The number of para-hydroxylation sites is 1. The number of nitrogens with one attached hydrogen (secondary N) is 2. The van der Waals surface area contributed by atoms with Crippen molar-refractivity contribution >= 4 is 34.3 Å². The summed E-state index contributed by atoms with van der Waals surface area (Å²) in [6.07, 6.45) is 3.93.